The average molecular weight is 541 g/mol. The van der Waals surface area contributed by atoms with Crippen molar-refractivity contribution >= 4 is 0 Å². The quantitative estimate of drug-likeness (QED) is 0.308. The molecule has 0 aliphatic carbocycles. The molecule has 0 aliphatic rings. The third-order valence-electron chi connectivity index (χ3n) is 5.14. The van der Waals surface area contributed by atoms with Crippen molar-refractivity contribution in [1.29, 1.82) is 0 Å². The Morgan fingerprint density at radius 1 is 0.919 bits per heavy atom. The first-order chi connectivity index (χ1) is 17.2. The Morgan fingerprint density at radius 3 is 2.30 bits per heavy atom. The zero-order valence-corrected chi connectivity index (χ0v) is 22.8. The maximum absolute atomic E-state index is 13.7. The summed E-state index contributed by atoms with van der Waals surface area (Å²) in [5, 5.41) is 8.85. The summed E-state index contributed by atoms with van der Waals surface area (Å²) in [6.45, 7) is -0.281. The van der Waals surface area contributed by atoms with E-state index in [-0.39, 0.29) is 89.1 Å². The number of aliphatic hydroxyl groups is 1. The number of benzene rings is 3. The van der Waals surface area contributed by atoms with Crippen LogP contribution in [0.3, 0.4) is 0 Å². The van der Waals surface area contributed by atoms with Gasteiger partial charge in [-0.2, -0.15) is 13.2 Å². The Balaban J connectivity index is 0.00000380. The van der Waals surface area contributed by atoms with Gasteiger partial charge in [0, 0.05) is 6.54 Å². The van der Waals surface area contributed by atoms with Gasteiger partial charge in [0.05, 0.1) is 12.2 Å². The summed E-state index contributed by atoms with van der Waals surface area (Å²) in [6, 6.07) is 16.9. The zero-order chi connectivity index (χ0) is 25.7. The molecule has 0 bridgehead atoms. The molecule has 0 unspecified atom stereocenters. The third kappa shape index (κ3) is 7.69. The number of hydrogen-bond acceptors (Lipinski definition) is 6. The first-order valence-corrected chi connectivity index (χ1v) is 10.7. The van der Waals surface area contributed by atoms with Gasteiger partial charge in [-0.05, 0) is 52.6 Å². The summed E-state index contributed by atoms with van der Waals surface area (Å²) < 4.78 is 57.6. The first kappa shape index (κ1) is 28.9. The molecule has 4 rings (SSSR count). The average Bonchev–Trinajstić information content (AvgIpc) is 3.18. The van der Waals surface area contributed by atoms with Crippen LogP contribution in [0.4, 0.5) is 13.2 Å². The van der Waals surface area contributed by atoms with Gasteiger partial charge in [-0.1, -0.05) is 36.4 Å². The predicted molar refractivity (Wildman–Crippen MR) is 122 cm³/mol. The molecule has 0 saturated heterocycles. The summed E-state index contributed by atoms with van der Waals surface area (Å²) in [5.74, 6) is -0.444. The summed E-state index contributed by atoms with van der Waals surface area (Å²) in [7, 11) is 0. The molecule has 4 aromatic rings. The Kier molecular flexibility index (Phi) is 9.98. The number of aliphatic hydroxyl groups excluding tert-OH is 1. The minimum absolute atomic E-state index is 0. The van der Waals surface area contributed by atoms with E-state index in [4.69, 9.17) is 14.6 Å². The van der Waals surface area contributed by atoms with Crippen molar-refractivity contribution < 1.29 is 83.7 Å². The molecule has 0 atom stereocenters. The van der Waals surface area contributed by atoms with Crippen molar-refractivity contribution in [3.63, 3.8) is 0 Å². The van der Waals surface area contributed by atoms with Crippen molar-refractivity contribution in [3.8, 4) is 22.6 Å². The second-order valence-electron chi connectivity index (χ2n) is 7.70. The second kappa shape index (κ2) is 12.8. The van der Waals surface area contributed by atoms with Crippen molar-refractivity contribution in [2.24, 2.45) is 0 Å². The number of nitrogens with zero attached hydrogens (tertiary/aromatic N) is 2. The Morgan fingerprint density at radius 2 is 1.65 bits per heavy atom. The van der Waals surface area contributed by atoms with E-state index in [1.807, 2.05) is 0 Å². The molecule has 0 spiro atoms. The van der Waals surface area contributed by atoms with Crippen LogP contribution in [0.1, 0.15) is 16.7 Å². The SMILES string of the molecule is O=c1[n-]c(=O)n(Cc2ccc(OCc3cccc(-c4ccc(OCCO)cc4C(F)(F)F)c3)cc2)o1.[K+]. The van der Waals surface area contributed by atoms with Crippen LogP contribution in [0.15, 0.2) is 80.8 Å². The molecule has 0 aliphatic heterocycles. The maximum Gasteiger partial charge on any atom is 1.00 e. The number of hydrogen-bond donors (Lipinski definition) is 1. The molecule has 0 fully saturated rings. The number of ether oxygens (including phenoxy) is 2. The minimum atomic E-state index is -4.60. The van der Waals surface area contributed by atoms with Crippen LogP contribution in [0, 0.1) is 0 Å². The first-order valence-electron chi connectivity index (χ1n) is 10.7. The molecule has 0 amide bonds. The van der Waals surface area contributed by atoms with E-state index in [2.05, 4.69) is 9.51 Å². The van der Waals surface area contributed by atoms with Crippen LogP contribution < -0.4 is 77.3 Å². The summed E-state index contributed by atoms with van der Waals surface area (Å²) in [4.78, 5) is 25.6. The number of rotatable bonds is 9. The molecule has 0 radical (unpaired) electrons. The Labute approximate surface area is 251 Å². The van der Waals surface area contributed by atoms with E-state index in [0.29, 0.717) is 22.4 Å². The van der Waals surface area contributed by atoms with Gasteiger partial charge in [0.2, 0.25) is 0 Å². The predicted octanol–water partition coefficient (Wildman–Crippen LogP) is 0.447. The van der Waals surface area contributed by atoms with Gasteiger partial charge >= 0.3 is 63.3 Å². The smallest absolute Gasteiger partial charge is 0.491 e. The number of aromatic nitrogens is 2. The van der Waals surface area contributed by atoms with Gasteiger partial charge in [-0.3, -0.25) is 9.53 Å². The fourth-order valence-corrected chi connectivity index (χ4v) is 3.50. The topological polar surface area (TPSA) is 105 Å². The number of alkyl halides is 3. The normalized spacial score (nSPS) is 11.1. The second-order valence-corrected chi connectivity index (χ2v) is 7.70. The largest absolute Gasteiger partial charge is 1.00 e. The molecule has 3 aromatic carbocycles. The van der Waals surface area contributed by atoms with E-state index >= 15 is 0 Å². The molecule has 0 saturated carbocycles. The van der Waals surface area contributed by atoms with Crippen molar-refractivity contribution in [3.05, 3.63) is 104 Å². The Hall–Kier alpha value is -2.61. The molecule has 12 heteroatoms. The van der Waals surface area contributed by atoms with Crippen LogP contribution in [0.25, 0.3) is 11.1 Å². The van der Waals surface area contributed by atoms with Crippen molar-refractivity contribution in [2.75, 3.05) is 13.2 Å². The van der Waals surface area contributed by atoms with Crippen LogP contribution >= 0.6 is 0 Å². The van der Waals surface area contributed by atoms with Gasteiger partial charge < -0.3 is 24.1 Å². The summed E-state index contributed by atoms with van der Waals surface area (Å²) in [5.41, 5.74) is 0.0645. The van der Waals surface area contributed by atoms with Gasteiger partial charge in [0.15, 0.2) is 5.69 Å². The molecular weight excluding hydrogens is 520 g/mol. The fourth-order valence-electron chi connectivity index (χ4n) is 3.50. The summed E-state index contributed by atoms with van der Waals surface area (Å²) >= 11 is 0. The number of halogens is 3. The van der Waals surface area contributed by atoms with Crippen LogP contribution in [0.5, 0.6) is 11.5 Å². The third-order valence-corrected chi connectivity index (χ3v) is 5.14. The fraction of sp³-hybridized carbons (Fsp3) is 0.200. The van der Waals surface area contributed by atoms with Gasteiger partial charge in [0.25, 0.3) is 0 Å². The zero-order valence-electron chi connectivity index (χ0n) is 19.7. The van der Waals surface area contributed by atoms with Gasteiger partial charge in [-0.25, -0.2) is 4.79 Å². The summed E-state index contributed by atoms with van der Waals surface area (Å²) in [6.07, 6.45) is -4.60. The Bertz CT molecular complexity index is 1440. The molecular formula is C25H20F3KN2O6. The van der Waals surface area contributed by atoms with E-state index in [1.165, 1.54) is 12.1 Å². The van der Waals surface area contributed by atoms with Gasteiger partial charge in [-0.15, -0.1) is 0 Å². The standard InChI is InChI=1S/C25H21F3N2O6.K/c26-25(27,28)22-13-20(34-11-10-31)8-9-21(22)18-3-1-2-17(12-18)15-35-19-6-4-16(5-7-19)14-30-23(32)29-24(33)36-30;/h1-9,12-13,31H,10-11,14-15H2,(H,29,32,33);/q;+1/p-1. The van der Waals surface area contributed by atoms with Gasteiger partial charge in [0.1, 0.15) is 24.7 Å². The van der Waals surface area contributed by atoms with E-state index in [9.17, 15) is 22.8 Å². The van der Waals surface area contributed by atoms with E-state index in [1.54, 1.807) is 48.5 Å². The molecule has 1 aromatic heterocycles. The van der Waals surface area contributed by atoms with E-state index in [0.717, 1.165) is 10.8 Å². The molecule has 1 heterocycles. The van der Waals surface area contributed by atoms with E-state index < -0.39 is 23.2 Å². The van der Waals surface area contributed by atoms with Crippen LogP contribution in [-0.4, -0.2) is 23.1 Å². The molecule has 37 heavy (non-hydrogen) atoms. The maximum atomic E-state index is 13.7. The molecule has 1 N–H and O–H groups in total. The minimum Gasteiger partial charge on any atom is -0.491 e. The molecule has 188 valence electrons. The monoisotopic (exact) mass is 540 g/mol. The molecule has 8 nitrogen and oxygen atoms in total. The van der Waals surface area contributed by atoms with Crippen LogP contribution in [0.2, 0.25) is 0 Å². The van der Waals surface area contributed by atoms with Crippen LogP contribution in [-0.2, 0) is 19.3 Å². The van der Waals surface area contributed by atoms with Crippen molar-refractivity contribution in [1.82, 2.24) is 9.72 Å². The van der Waals surface area contributed by atoms with Crippen molar-refractivity contribution in [2.45, 2.75) is 19.3 Å².